The number of aryl methyl sites for hydroxylation is 1. The number of esters is 1. The van der Waals surface area contributed by atoms with E-state index in [1.165, 1.54) is 0 Å². The highest BCUT2D eigenvalue weighted by Crippen LogP contribution is 2.17. The van der Waals surface area contributed by atoms with Crippen LogP contribution in [0.3, 0.4) is 0 Å². The van der Waals surface area contributed by atoms with Gasteiger partial charge in [-0.1, -0.05) is 18.2 Å². The number of anilines is 1. The Kier molecular flexibility index (Phi) is 6.29. The summed E-state index contributed by atoms with van der Waals surface area (Å²) >= 11 is 0. The molecule has 120 valence electrons. The molecule has 0 saturated heterocycles. The number of para-hydroxylation sites is 1. The molecule has 5 heteroatoms. The molecule has 0 saturated carbocycles. The molecule has 1 heterocycles. The van der Waals surface area contributed by atoms with Gasteiger partial charge in [0.1, 0.15) is 0 Å². The number of rotatable bonds is 7. The smallest absolute Gasteiger partial charge is 0.340 e. The normalized spacial score (nSPS) is 10.1. The Morgan fingerprint density at radius 1 is 1.17 bits per heavy atom. The Bertz CT molecular complexity index is 656. The maximum atomic E-state index is 12.1. The fourth-order valence-electron chi connectivity index (χ4n) is 2.19. The molecule has 2 aromatic rings. The van der Waals surface area contributed by atoms with Gasteiger partial charge in [-0.3, -0.25) is 9.78 Å². The lowest BCUT2D eigenvalue weighted by atomic mass is 10.1. The van der Waals surface area contributed by atoms with E-state index in [1.807, 2.05) is 12.1 Å². The average Bonchev–Trinajstić information content (AvgIpc) is 2.56. The number of hydrogen-bond acceptors (Lipinski definition) is 4. The molecular weight excluding hydrogens is 292 g/mol. The first-order valence-corrected chi connectivity index (χ1v) is 7.65. The lowest BCUT2D eigenvalue weighted by Gasteiger charge is -2.10. The Morgan fingerprint density at radius 3 is 2.74 bits per heavy atom. The molecule has 1 amide bonds. The lowest BCUT2D eigenvalue weighted by Crippen LogP contribution is -2.15. The molecule has 0 aliphatic heterocycles. The summed E-state index contributed by atoms with van der Waals surface area (Å²) in [6.07, 6.45) is 5.42. The van der Waals surface area contributed by atoms with E-state index >= 15 is 0 Å². The van der Waals surface area contributed by atoms with Crippen molar-refractivity contribution in [2.45, 2.75) is 26.2 Å². The fourth-order valence-corrected chi connectivity index (χ4v) is 2.19. The zero-order valence-corrected chi connectivity index (χ0v) is 13.1. The summed E-state index contributed by atoms with van der Waals surface area (Å²) < 4.78 is 4.99. The van der Waals surface area contributed by atoms with Crippen LogP contribution in [0.1, 0.15) is 35.7 Å². The first-order chi connectivity index (χ1) is 11.2. The van der Waals surface area contributed by atoms with Crippen molar-refractivity contribution in [2.24, 2.45) is 0 Å². The molecule has 2 rings (SSSR count). The zero-order valence-electron chi connectivity index (χ0n) is 13.1. The van der Waals surface area contributed by atoms with Crippen LogP contribution in [0.4, 0.5) is 5.69 Å². The number of ether oxygens (including phenoxy) is 1. The first-order valence-electron chi connectivity index (χ1n) is 7.65. The second kappa shape index (κ2) is 8.68. The monoisotopic (exact) mass is 312 g/mol. The van der Waals surface area contributed by atoms with Crippen LogP contribution in [-0.4, -0.2) is 23.5 Å². The van der Waals surface area contributed by atoms with Crippen molar-refractivity contribution in [1.29, 1.82) is 0 Å². The Hall–Kier alpha value is -2.69. The number of benzene rings is 1. The highest BCUT2D eigenvalue weighted by Gasteiger charge is 2.13. The summed E-state index contributed by atoms with van der Waals surface area (Å²) in [5.41, 5.74) is 1.96. The van der Waals surface area contributed by atoms with Gasteiger partial charge in [-0.05, 0) is 43.5 Å². The molecule has 0 aliphatic rings. The number of carbonyl (C=O) groups excluding carboxylic acids is 2. The van der Waals surface area contributed by atoms with Crippen LogP contribution in [0, 0.1) is 0 Å². The van der Waals surface area contributed by atoms with Crippen LogP contribution in [0.5, 0.6) is 0 Å². The highest BCUT2D eigenvalue weighted by molar-refractivity contribution is 6.01. The Morgan fingerprint density at radius 2 is 2.00 bits per heavy atom. The largest absolute Gasteiger partial charge is 0.462 e. The Balaban J connectivity index is 1.89. The van der Waals surface area contributed by atoms with E-state index in [1.54, 1.807) is 43.6 Å². The van der Waals surface area contributed by atoms with E-state index in [9.17, 15) is 9.59 Å². The van der Waals surface area contributed by atoms with Crippen molar-refractivity contribution in [2.75, 3.05) is 11.9 Å². The molecule has 0 spiro atoms. The summed E-state index contributed by atoms with van der Waals surface area (Å²) in [4.78, 5) is 28.0. The van der Waals surface area contributed by atoms with Crippen molar-refractivity contribution in [3.05, 3.63) is 59.9 Å². The minimum Gasteiger partial charge on any atom is -0.462 e. The summed E-state index contributed by atoms with van der Waals surface area (Å²) in [7, 11) is 0. The number of aromatic nitrogens is 1. The van der Waals surface area contributed by atoms with Gasteiger partial charge in [0.15, 0.2) is 0 Å². The standard InChI is InChI=1S/C18H20N2O3/c1-2-23-18(22)15-9-3-4-10-16(15)20-17(21)11-5-7-14-8-6-12-19-13-14/h3-4,6,8-10,12-13H,2,5,7,11H2,1H3,(H,20,21). The third-order valence-corrected chi connectivity index (χ3v) is 3.29. The number of amides is 1. The van der Waals surface area contributed by atoms with E-state index in [2.05, 4.69) is 10.3 Å². The second-order valence-electron chi connectivity index (χ2n) is 5.03. The summed E-state index contributed by atoms with van der Waals surface area (Å²) in [5, 5.41) is 2.78. The van der Waals surface area contributed by atoms with Gasteiger partial charge in [0.2, 0.25) is 5.91 Å². The fraction of sp³-hybridized carbons (Fsp3) is 0.278. The van der Waals surface area contributed by atoms with Crippen LogP contribution in [0.2, 0.25) is 0 Å². The molecule has 23 heavy (non-hydrogen) atoms. The molecule has 0 bridgehead atoms. The number of nitrogens with one attached hydrogen (secondary N) is 1. The summed E-state index contributed by atoms with van der Waals surface area (Å²) in [6, 6.07) is 10.7. The van der Waals surface area contributed by atoms with Crippen LogP contribution < -0.4 is 5.32 Å². The SMILES string of the molecule is CCOC(=O)c1ccccc1NC(=O)CCCc1cccnc1. The predicted octanol–water partition coefficient (Wildman–Crippen LogP) is 3.22. The maximum Gasteiger partial charge on any atom is 0.340 e. The molecule has 1 aromatic carbocycles. The van der Waals surface area contributed by atoms with Crippen molar-refractivity contribution in [3.8, 4) is 0 Å². The van der Waals surface area contributed by atoms with E-state index in [-0.39, 0.29) is 5.91 Å². The van der Waals surface area contributed by atoms with Crippen molar-refractivity contribution < 1.29 is 14.3 Å². The number of nitrogens with zero attached hydrogens (tertiary/aromatic N) is 1. The number of hydrogen-bond donors (Lipinski definition) is 1. The van der Waals surface area contributed by atoms with Gasteiger partial charge < -0.3 is 10.1 Å². The molecule has 0 atom stereocenters. The van der Waals surface area contributed by atoms with Crippen LogP contribution in [0.15, 0.2) is 48.8 Å². The number of carbonyl (C=O) groups is 2. The van der Waals surface area contributed by atoms with E-state index < -0.39 is 5.97 Å². The van der Waals surface area contributed by atoms with E-state index in [4.69, 9.17) is 4.74 Å². The second-order valence-corrected chi connectivity index (χ2v) is 5.03. The molecular formula is C18H20N2O3. The van der Waals surface area contributed by atoms with Gasteiger partial charge in [0, 0.05) is 18.8 Å². The number of pyridine rings is 1. The molecule has 0 fully saturated rings. The van der Waals surface area contributed by atoms with E-state index in [0.29, 0.717) is 24.3 Å². The van der Waals surface area contributed by atoms with Crippen LogP contribution in [-0.2, 0) is 16.0 Å². The van der Waals surface area contributed by atoms with E-state index in [0.717, 1.165) is 18.4 Å². The van der Waals surface area contributed by atoms with Crippen molar-refractivity contribution >= 4 is 17.6 Å². The minimum atomic E-state index is -0.432. The van der Waals surface area contributed by atoms with Crippen molar-refractivity contribution in [1.82, 2.24) is 4.98 Å². The summed E-state index contributed by atoms with van der Waals surface area (Å²) in [5.74, 6) is -0.551. The zero-order chi connectivity index (χ0) is 16.5. The van der Waals surface area contributed by atoms with Crippen LogP contribution >= 0.6 is 0 Å². The molecule has 5 nitrogen and oxygen atoms in total. The van der Waals surface area contributed by atoms with Gasteiger partial charge in [-0.15, -0.1) is 0 Å². The molecule has 0 unspecified atom stereocenters. The Labute approximate surface area is 135 Å². The first kappa shape index (κ1) is 16.7. The third kappa shape index (κ3) is 5.21. The molecule has 0 aliphatic carbocycles. The van der Waals surface area contributed by atoms with Gasteiger partial charge in [-0.2, -0.15) is 0 Å². The van der Waals surface area contributed by atoms with Crippen LogP contribution in [0.25, 0.3) is 0 Å². The van der Waals surface area contributed by atoms with Gasteiger partial charge >= 0.3 is 5.97 Å². The highest BCUT2D eigenvalue weighted by atomic mass is 16.5. The summed E-state index contributed by atoms with van der Waals surface area (Å²) in [6.45, 7) is 2.05. The average molecular weight is 312 g/mol. The topological polar surface area (TPSA) is 68.3 Å². The van der Waals surface area contributed by atoms with Gasteiger partial charge in [0.05, 0.1) is 17.9 Å². The minimum absolute atomic E-state index is 0.120. The van der Waals surface area contributed by atoms with Gasteiger partial charge in [-0.25, -0.2) is 4.79 Å². The third-order valence-electron chi connectivity index (χ3n) is 3.29. The molecule has 1 aromatic heterocycles. The molecule has 1 N–H and O–H groups in total. The quantitative estimate of drug-likeness (QED) is 0.797. The lowest BCUT2D eigenvalue weighted by molar-refractivity contribution is -0.116. The predicted molar refractivity (Wildman–Crippen MR) is 88.2 cm³/mol. The maximum absolute atomic E-state index is 12.1. The van der Waals surface area contributed by atoms with Gasteiger partial charge in [0.25, 0.3) is 0 Å². The molecule has 0 radical (unpaired) electrons. The van der Waals surface area contributed by atoms with Crippen molar-refractivity contribution in [3.63, 3.8) is 0 Å².